The van der Waals surface area contributed by atoms with Gasteiger partial charge in [-0.2, -0.15) is 0 Å². The van der Waals surface area contributed by atoms with E-state index in [1.54, 1.807) is 36.3 Å². The van der Waals surface area contributed by atoms with Gasteiger partial charge in [0.15, 0.2) is 0 Å². The summed E-state index contributed by atoms with van der Waals surface area (Å²) in [6.07, 6.45) is 3.65. The Morgan fingerprint density at radius 1 is 1.03 bits per heavy atom. The lowest BCUT2D eigenvalue weighted by Crippen LogP contribution is -2.37. The lowest BCUT2D eigenvalue weighted by atomic mass is 10.2. The maximum atomic E-state index is 13.0. The highest BCUT2D eigenvalue weighted by Crippen LogP contribution is 2.21. The average molecular weight is 458 g/mol. The molecule has 3 amide bonds. The maximum Gasteiger partial charge on any atom is 0.326 e. The normalized spacial score (nSPS) is 10.4. The molecule has 0 aliphatic heterocycles. The van der Waals surface area contributed by atoms with Crippen LogP contribution in [0.25, 0.3) is 0 Å². The summed E-state index contributed by atoms with van der Waals surface area (Å²) in [5.74, 6) is 0.648. The molecule has 178 valence electrons. The first-order valence-corrected chi connectivity index (χ1v) is 10.9. The zero-order valence-electron chi connectivity index (χ0n) is 18.8. The molecule has 10 heteroatoms. The zero-order chi connectivity index (χ0) is 24.1. The lowest BCUT2D eigenvalue weighted by Gasteiger charge is -2.23. The van der Waals surface area contributed by atoms with Crippen LogP contribution in [0.1, 0.15) is 32.1 Å². The predicted molar refractivity (Wildman–Crippen MR) is 128 cm³/mol. The van der Waals surface area contributed by atoms with Crippen molar-refractivity contribution in [2.24, 2.45) is 5.73 Å². The number of urea groups is 1. The summed E-state index contributed by atoms with van der Waals surface area (Å²) in [5.41, 5.74) is 6.49. The SMILES string of the molecule is COc1ccc(N(CCCNC(=O)CCCCCN)C(=O)Nc2ccc([N+](=O)[O-])cc2)cc1. The van der Waals surface area contributed by atoms with Crippen molar-refractivity contribution in [1.82, 2.24) is 5.32 Å². The number of carbonyl (C=O) groups is 2. The zero-order valence-corrected chi connectivity index (χ0v) is 18.8. The maximum absolute atomic E-state index is 13.0. The van der Waals surface area contributed by atoms with Crippen molar-refractivity contribution in [2.45, 2.75) is 32.1 Å². The molecule has 0 heterocycles. The number of amides is 3. The van der Waals surface area contributed by atoms with Crippen LogP contribution in [0.3, 0.4) is 0 Å². The van der Waals surface area contributed by atoms with E-state index in [0.717, 1.165) is 19.3 Å². The lowest BCUT2D eigenvalue weighted by molar-refractivity contribution is -0.384. The fourth-order valence-electron chi connectivity index (χ4n) is 3.13. The smallest absolute Gasteiger partial charge is 0.326 e. The van der Waals surface area contributed by atoms with Gasteiger partial charge < -0.3 is 21.1 Å². The molecule has 2 aromatic rings. The van der Waals surface area contributed by atoms with Crippen molar-refractivity contribution >= 4 is 29.0 Å². The van der Waals surface area contributed by atoms with Gasteiger partial charge in [-0.15, -0.1) is 0 Å². The topological polar surface area (TPSA) is 140 Å². The van der Waals surface area contributed by atoms with Gasteiger partial charge in [0.2, 0.25) is 5.91 Å². The Hall–Kier alpha value is -3.66. The molecule has 0 unspecified atom stereocenters. The number of nitrogens with two attached hydrogens (primary N) is 1. The highest BCUT2D eigenvalue weighted by atomic mass is 16.6. The molecule has 0 saturated heterocycles. The van der Waals surface area contributed by atoms with Crippen molar-refractivity contribution in [3.8, 4) is 5.75 Å². The largest absolute Gasteiger partial charge is 0.497 e. The van der Waals surface area contributed by atoms with Gasteiger partial charge in [-0.05, 0) is 62.2 Å². The number of rotatable bonds is 13. The fraction of sp³-hybridized carbons (Fsp3) is 0.391. The summed E-state index contributed by atoms with van der Waals surface area (Å²) in [6, 6.07) is 12.3. The molecule has 0 spiro atoms. The third-order valence-electron chi connectivity index (χ3n) is 4.95. The third kappa shape index (κ3) is 8.77. The molecule has 0 radical (unpaired) electrons. The highest BCUT2D eigenvalue weighted by Gasteiger charge is 2.17. The van der Waals surface area contributed by atoms with E-state index >= 15 is 0 Å². The minimum atomic E-state index is -0.498. The summed E-state index contributed by atoms with van der Waals surface area (Å²) in [5, 5.41) is 16.5. The molecule has 0 aliphatic rings. The van der Waals surface area contributed by atoms with Crippen LogP contribution in [-0.4, -0.2) is 43.6 Å². The fourth-order valence-corrected chi connectivity index (χ4v) is 3.13. The van der Waals surface area contributed by atoms with Crippen LogP contribution in [0.4, 0.5) is 21.9 Å². The summed E-state index contributed by atoms with van der Waals surface area (Å²) in [4.78, 5) is 36.8. The van der Waals surface area contributed by atoms with Crippen LogP contribution in [0, 0.1) is 10.1 Å². The number of nitrogens with zero attached hydrogens (tertiary/aromatic N) is 2. The highest BCUT2D eigenvalue weighted by molar-refractivity contribution is 6.01. The van der Waals surface area contributed by atoms with Gasteiger partial charge in [0, 0.05) is 43.0 Å². The molecule has 0 aliphatic carbocycles. The van der Waals surface area contributed by atoms with Crippen LogP contribution in [-0.2, 0) is 4.79 Å². The van der Waals surface area contributed by atoms with Crippen molar-refractivity contribution in [1.29, 1.82) is 0 Å². The number of carbonyl (C=O) groups excluding carboxylic acids is 2. The van der Waals surface area contributed by atoms with Crippen LogP contribution >= 0.6 is 0 Å². The second-order valence-electron chi connectivity index (χ2n) is 7.39. The quantitative estimate of drug-likeness (QED) is 0.238. The van der Waals surface area contributed by atoms with Crippen LogP contribution < -0.4 is 26.0 Å². The monoisotopic (exact) mass is 457 g/mol. The standard InChI is InChI=1S/C23H31N5O5/c1-33-21-13-11-19(12-14-21)27(17-5-16-25-22(29)6-3-2-4-15-24)23(30)26-18-7-9-20(10-8-18)28(31)32/h7-14H,2-6,15-17,24H2,1H3,(H,25,29)(H,26,30). The Morgan fingerprint density at radius 3 is 2.33 bits per heavy atom. The molecule has 2 rings (SSSR count). The number of ether oxygens (including phenoxy) is 1. The molecule has 0 fully saturated rings. The number of nitrogens with one attached hydrogen (secondary N) is 2. The second kappa shape index (κ2) is 13.7. The Morgan fingerprint density at radius 2 is 1.73 bits per heavy atom. The van der Waals surface area contributed by atoms with E-state index in [2.05, 4.69) is 10.6 Å². The van der Waals surface area contributed by atoms with Crippen LogP contribution in [0.5, 0.6) is 5.75 Å². The number of non-ortho nitro benzene ring substituents is 1. The number of nitro benzene ring substituents is 1. The van der Waals surface area contributed by atoms with Crippen molar-refractivity contribution in [3.05, 3.63) is 58.6 Å². The van der Waals surface area contributed by atoms with Gasteiger partial charge in [-0.25, -0.2) is 4.79 Å². The molecule has 4 N–H and O–H groups in total. The number of unbranched alkanes of at least 4 members (excludes halogenated alkanes) is 2. The third-order valence-corrected chi connectivity index (χ3v) is 4.95. The number of hydrogen-bond acceptors (Lipinski definition) is 6. The predicted octanol–water partition coefficient (Wildman–Crippen LogP) is 3.67. The molecule has 33 heavy (non-hydrogen) atoms. The van der Waals surface area contributed by atoms with E-state index in [1.807, 2.05) is 0 Å². The number of methoxy groups -OCH3 is 1. The summed E-state index contributed by atoms with van der Waals surface area (Å²) in [7, 11) is 1.56. The van der Waals surface area contributed by atoms with Gasteiger partial charge in [0.05, 0.1) is 12.0 Å². The first-order chi connectivity index (χ1) is 15.9. The molecule has 2 aromatic carbocycles. The second-order valence-corrected chi connectivity index (χ2v) is 7.39. The molecular weight excluding hydrogens is 426 g/mol. The first kappa shape index (κ1) is 25.6. The molecule has 10 nitrogen and oxygen atoms in total. The van der Waals surface area contributed by atoms with E-state index in [-0.39, 0.29) is 17.6 Å². The van der Waals surface area contributed by atoms with E-state index in [9.17, 15) is 19.7 Å². The van der Waals surface area contributed by atoms with E-state index in [0.29, 0.717) is 49.6 Å². The molecular formula is C23H31N5O5. The van der Waals surface area contributed by atoms with Crippen molar-refractivity contribution in [2.75, 3.05) is 37.0 Å². The van der Waals surface area contributed by atoms with E-state index in [1.165, 1.54) is 24.3 Å². The van der Waals surface area contributed by atoms with Gasteiger partial charge in [-0.1, -0.05) is 6.42 Å². The van der Waals surface area contributed by atoms with Crippen molar-refractivity contribution in [3.63, 3.8) is 0 Å². The minimum Gasteiger partial charge on any atom is -0.497 e. The Labute approximate surface area is 193 Å². The van der Waals surface area contributed by atoms with E-state index < -0.39 is 4.92 Å². The Kier molecular flexibility index (Phi) is 10.6. The summed E-state index contributed by atoms with van der Waals surface area (Å²) in [6.45, 7) is 1.43. The molecule has 0 aromatic heterocycles. The number of benzene rings is 2. The molecule has 0 saturated carbocycles. The Balaban J connectivity index is 1.97. The van der Waals surface area contributed by atoms with Gasteiger partial charge >= 0.3 is 6.03 Å². The average Bonchev–Trinajstić information content (AvgIpc) is 2.82. The first-order valence-electron chi connectivity index (χ1n) is 10.9. The Bertz CT molecular complexity index is 902. The van der Waals surface area contributed by atoms with Crippen LogP contribution in [0.2, 0.25) is 0 Å². The van der Waals surface area contributed by atoms with Crippen molar-refractivity contribution < 1.29 is 19.2 Å². The van der Waals surface area contributed by atoms with E-state index in [4.69, 9.17) is 10.5 Å². The van der Waals surface area contributed by atoms with Gasteiger partial charge in [0.1, 0.15) is 5.75 Å². The summed E-state index contributed by atoms with van der Waals surface area (Å²) < 4.78 is 5.18. The molecule has 0 bridgehead atoms. The molecule has 0 atom stereocenters. The minimum absolute atomic E-state index is 0.0154. The number of hydrogen-bond donors (Lipinski definition) is 3. The van der Waals surface area contributed by atoms with Gasteiger partial charge in [-0.3, -0.25) is 19.8 Å². The van der Waals surface area contributed by atoms with Crippen LogP contribution in [0.15, 0.2) is 48.5 Å². The number of anilines is 2. The summed E-state index contributed by atoms with van der Waals surface area (Å²) >= 11 is 0. The number of nitro groups is 1. The van der Waals surface area contributed by atoms with Gasteiger partial charge in [0.25, 0.3) is 5.69 Å².